The highest BCUT2D eigenvalue weighted by molar-refractivity contribution is 6.03. The van der Waals surface area contributed by atoms with Gasteiger partial charge in [0.25, 0.3) is 5.56 Å². The predicted octanol–water partition coefficient (Wildman–Crippen LogP) is 2.91. The van der Waals surface area contributed by atoms with Crippen LogP contribution in [-0.2, 0) is 20.8 Å². The van der Waals surface area contributed by atoms with Crippen LogP contribution in [0.5, 0.6) is 5.75 Å². The zero-order valence-electron chi connectivity index (χ0n) is 19.6. The summed E-state index contributed by atoms with van der Waals surface area (Å²) in [5, 5.41) is 7.01. The van der Waals surface area contributed by atoms with Crippen LogP contribution in [0.1, 0.15) is 33.6 Å². The quantitative estimate of drug-likeness (QED) is 0.465. The summed E-state index contributed by atoms with van der Waals surface area (Å²) in [6.07, 6.45) is 0.360. The zero-order chi connectivity index (χ0) is 25.4. The topological polar surface area (TPSA) is 126 Å². The van der Waals surface area contributed by atoms with Crippen LogP contribution in [0.4, 0.5) is 5.69 Å². The normalized spacial score (nSPS) is 10.4. The summed E-state index contributed by atoms with van der Waals surface area (Å²) in [7, 11) is 4.02. The van der Waals surface area contributed by atoms with Crippen molar-refractivity contribution < 1.29 is 28.6 Å². The summed E-state index contributed by atoms with van der Waals surface area (Å²) >= 11 is 0. The van der Waals surface area contributed by atoms with E-state index in [1.54, 1.807) is 25.3 Å². The van der Waals surface area contributed by atoms with Gasteiger partial charge in [-0.15, -0.1) is 0 Å². The molecular weight excluding hydrogens is 454 g/mol. The molecule has 1 aromatic heterocycles. The first-order valence-corrected chi connectivity index (χ1v) is 10.7. The first-order chi connectivity index (χ1) is 16.9. The summed E-state index contributed by atoms with van der Waals surface area (Å²) in [4.78, 5) is 48.7. The van der Waals surface area contributed by atoms with Crippen molar-refractivity contribution in [2.24, 2.45) is 0 Å². The number of anilines is 1. The van der Waals surface area contributed by atoms with Gasteiger partial charge in [0.2, 0.25) is 5.91 Å². The number of hydrogen-bond acceptors (Lipinski definition) is 8. The molecule has 182 valence electrons. The van der Waals surface area contributed by atoms with Gasteiger partial charge in [0.15, 0.2) is 0 Å². The molecule has 0 fully saturated rings. The molecule has 0 aliphatic heterocycles. The maximum atomic E-state index is 12.6. The molecule has 1 amide bonds. The molecule has 0 aliphatic rings. The van der Waals surface area contributed by atoms with Crippen LogP contribution in [0.25, 0.3) is 11.3 Å². The smallest absolute Gasteiger partial charge is 0.339 e. The molecule has 1 heterocycles. The number of benzene rings is 2. The second-order valence-corrected chi connectivity index (χ2v) is 7.40. The lowest BCUT2D eigenvalue weighted by molar-refractivity contribution is -0.116. The second kappa shape index (κ2) is 11.6. The molecule has 3 rings (SSSR count). The summed E-state index contributed by atoms with van der Waals surface area (Å²) in [5.74, 6) is -0.973. The largest absolute Gasteiger partial charge is 0.497 e. The zero-order valence-corrected chi connectivity index (χ0v) is 19.6. The van der Waals surface area contributed by atoms with Crippen molar-refractivity contribution in [3.05, 3.63) is 76.1 Å². The number of nitrogens with one attached hydrogen (secondary N) is 1. The predicted molar refractivity (Wildman–Crippen MR) is 127 cm³/mol. The highest BCUT2D eigenvalue weighted by Crippen LogP contribution is 2.21. The van der Waals surface area contributed by atoms with Gasteiger partial charge in [-0.3, -0.25) is 9.59 Å². The molecule has 10 heteroatoms. The van der Waals surface area contributed by atoms with Crippen molar-refractivity contribution in [3.8, 4) is 17.0 Å². The third kappa shape index (κ3) is 6.32. The van der Waals surface area contributed by atoms with Crippen molar-refractivity contribution >= 4 is 23.5 Å². The lowest BCUT2D eigenvalue weighted by atomic mass is 10.1. The molecule has 35 heavy (non-hydrogen) atoms. The Kier molecular flexibility index (Phi) is 8.33. The minimum atomic E-state index is -0.664. The number of aromatic nitrogens is 2. The van der Waals surface area contributed by atoms with Gasteiger partial charge in [-0.25, -0.2) is 14.3 Å². The summed E-state index contributed by atoms with van der Waals surface area (Å²) < 4.78 is 15.9. The van der Waals surface area contributed by atoms with Gasteiger partial charge in [-0.2, -0.15) is 5.10 Å². The molecular formula is C25H25N3O7. The highest BCUT2D eigenvalue weighted by Gasteiger charge is 2.17. The Labute approximate surface area is 201 Å². The van der Waals surface area contributed by atoms with Crippen LogP contribution in [0.3, 0.4) is 0 Å². The lowest BCUT2D eigenvalue weighted by Crippen LogP contribution is -2.23. The number of rotatable bonds is 9. The van der Waals surface area contributed by atoms with Gasteiger partial charge in [0.05, 0.1) is 43.8 Å². The maximum Gasteiger partial charge on any atom is 0.339 e. The Morgan fingerprint density at radius 1 is 0.914 bits per heavy atom. The molecule has 0 aliphatic carbocycles. The van der Waals surface area contributed by atoms with Crippen molar-refractivity contribution in [3.63, 3.8) is 0 Å². The highest BCUT2D eigenvalue weighted by atomic mass is 16.5. The summed E-state index contributed by atoms with van der Waals surface area (Å²) in [5.41, 5.74) is 1.53. The minimum absolute atomic E-state index is 0.0456. The van der Waals surface area contributed by atoms with Crippen LogP contribution in [0.15, 0.2) is 59.4 Å². The number of aryl methyl sites for hydroxylation is 1. The first kappa shape index (κ1) is 25.2. The number of carbonyl (C=O) groups excluding carboxylic acids is 3. The molecule has 0 atom stereocenters. The third-order valence-corrected chi connectivity index (χ3v) is 5.15. The average Bonchev–Trinajstić information content (AvgIpc) is 2.88. The van der Waals surface area contributed by atoms with Crippen LogP contribution >= 0.6 is 0 Å². The van der Waals surface area contributed by atoms with E-state index >= 15 is 0 Å². The molecule has 0 spiro atoms. The van der Waals surface area contributed by atoms with Crippen LogP contribution in [0.2, 0.25) is 0 Å². The standard InChI is InChI=1S/C25H25N3O7/c1-33-18-9-6-16(7-10-18)20-12-13-23(30)28(27-20)14-4-5-22(29)26-21-15-17(24(31)34-2)8-11-19(21)25(32)35-3/h6-13,15H,4-5,14H2,1-3H3,(H,26,29). The molecule has 0 saturated heterocycles. The Bertz CT molecular complexity index is 1280. The molecule has 1 N–H and O–H groups in total. The van der Waals surface area contributed by atoms with Gasteiger partial charge in [0.1, 0.15) is 5.75 Å². The number of ether oxygens (including phenoxy) is 3. The van der Waals surface area contributed by atoms with E-state index in [2.05, 4.69) is 15.2 Å². The SMILES string of the molecule is COC(=O)c1ccc(C(=O)OC)c(NC(=O)CCCn2nc(-c3ccc(OC)cc3)ccc2=O)c1. The molecule has 0 radical (unpaired) electrons. The van der Waals surface area contributed by atoms with E-state index in [9.17, 15) is 19.2 Å². The van der Waals surface area contributed by atoms with E-state index in [0.29, 0.717) is 17.9 Å². The fourth-order valence-electron chi connectivity index (χ4n) is 3.31. The fourth-order valence-corrected chi connectivity index (χ4v) is 3.31. The summed E-state index contributed by atoms with van der Waals surface area (Å²) in [6.45, 7) is 0.211. The molecule has 0 unspecified atom stereocenters. The monoisotopic (exact) mass is 479 g/mol. The van der Waals surface area contributed by atoms with Crippen LogP contribution in [-0.4, -0.2) is 49.0 Å². The number of hydrogen-bond donors (Lipinski definition) is 1. The van der Waals surface area contributed by atoms with E-state index < -0.39 is 17.8 Å². The number of nitrogens with zero attached hydrogens (tertiary/aromatic N) is 2. The number of amides is 1. The lowest BCUT2D eigenvalue weighted by Gasteiger charge is -2.12. The van der Waals surface area contributed by atoms with Crippen molar-refractivity contribution in [2.75, 3.05) is 26.6 Å². The first-order valence-electron chi connectivity index (χ1n) is 10.7. The Morgan fingerprint density at radius 3 is 2.29 bits per heavy atom. The van der Waals surface area contributed by atoms with Crippen molar-refractivity contribution in [1.82, 2.24) is 9.78 Å². The second-order valence-electron chi connectivity index (χ2n) is 7.40. The van der Waals surface area contributed by atoms with Crippen LogP contribution in [0, 0.1) is 0 Å². The molecule has 0 bridgehead atoms. The molecule has 0 saturated carbocycles. The molecule has 10 nitrogen and oxygen atoms in total. The number of carbonyl (C=O) groups is 3. The Hall–Kier alpha value is -4.47. The average molecular weight is 479 g/mol. The van der Waals surface area contributed by atoms with E-state index in [1.807, 2.05) is 12.1 Å². The molecule has 2 aromatic carbocycles. The fraction of sp³-hybridized carbons (Fsp3) is 0.240. The Balaban J connectivity index is 1.68. The van der Waals surface area contributed by atoms with E-state index in [1.165, 1.54) is 43.2 Å². The molecule has 3 aromatic rings. The van der Waals surface area contributed by atoms with E-state index in [0.717, 1.165) is 5.56 Å². The van der Waals surface area contributed by atoms with Crippen molar-refractivity contribution in [1.29, 1.82) is 0 Å². The van der Waals surface area contributed by atoms with E-state index in [4.69, 9.17) is 9.47 Å². The van der Waals surface area contributed by atoms with Crippen LogP contribution < -0.4 is 15.6 Å². The van der Waals surface area contributed by atoms with Gasteiger partial charge in [0, 0.05) is 24.6 Å². The maximum absolute atomic E-state index is 12.6. The van der Waals surface area contributed by atoms with Gasteiger partial charge in [-0.1, -0.05) is 0 Å². The van der Waals surface area contributed by atoms with Gasteiger partial charge in [-0.05, 0) is 55.0 Å². The minimum Gasteiger partial charge on any atom is -0.497 e. The van der Waals surface area contributed by atoms with Gasteiger partial charge >= 0.3 is 11.9 Å². The number of esters is 2. The third-order valence-electron chi connectivity index (χ3n) is 5.15. The van der Waals surface area contributed by atoms with Crippen molar-refractivity contribution in [2.45, 2.75) is 19.4 Å². The van der Waals surface area contributed by atoms with Gasteiger partial charge < -0.3 is 19.5 Å². The number of methoxy groups -OCH3 is 3. The Morgan fingerprint density at radius 2 is 1.63 bits per heavy atom. The summed E-state index contributed by atoms with van der Waals surface area (Å²) in [6, 6.07) is 14.5. The van der Waals surface area contributed by atoms with E-state index in [-0.39, 0.29) is 35.3 Å².